The van der Waals surface area contributed by atoms with Gasteiger partial charge in [0, 0.05) is 17.8 Å². The third kappa shape index (κ3) is 5.55. The van der Waals surface area contributed by atoms with E-state index >= 15 is 0 Å². The maximum Gasteiger partial charge on any atom is 0.256 e. The van der Waals surface area contributed by atoms with Crippen LogP contribution < -0.4 is 5.73 Å². The number of anilines is 1. The van der Waals surface area contributed by atoms with Crippen molar-refractivity contribution in [3.8, 4) is 0 Å². The van der Waals surface area contributed by atoms with Crippen LogP contribution in [0.15, 0.2) is 36.4 Å². The molecule has 1 aromatic carbocycles. The van der Waals surface area contributed by atoms with E-state index in [4.69, 9.17) is 5.73 Å². The van der Waals surface area contributed by atoms with Crippen LogP contribution in [0.1, 0.15) is 63.7 Å². The lowest BCUT2D eigenvalue weighted by atomic mass is 10.0. The Morgan fingerprint density at radius 3 is 2.45 bits per heavy atom. The summed E-state index contributed by atoms with van der Waals surface area (Å²) in [5.41, 5.74) is 6.91. The van der Waals surface area contributed by atoms with Gasteiger partial charge in [0.2, 0.25) is 0 Å². The summed E-state index contributed by atoms with van der Waals surface area (Å²) < 4.78 is 0. The van der Waals surface area contributed by atoms with Crippen LogP contribution in [-0.4, -0.2) is 22.9 Å². The highest BCUT2D eigenvalue weighted by Gasteiger charge is 2.27. The van der Waals surface area contributed by atoms with E-state index in [1.54, 1.807) is 6.07 Å². The van der Waals surface area contributed by atoms with E-state index < -0.39 is 0 Å². The molecule has 122 valence electrons. The second-order valence-corrected chi connectivity index (χ2v) is 6.63. The summed E-state index contributed by atoms with van der Waals surface area (Å²) in [5, 5.41) is 0. The Balaban J connectivity index is 2.69. The van der Waals surface area contributed by atoms with E-state index in [0.717, 1.165) is 25.8 Å². The van der Waals surface area contributed by atoms with E-state index in [1.165, 1.54) is 6.42 Å². The molecule has 0 aromatic heterocycles. The predicted molar refractivity (Wildman–Crippen MR) is 94.9 cm³/mol. The van der Waals surface area contributed by atoms with Crippen molar-refractivity contribution < 1.29 is 4.79 Å². The van der Waals surface area contributed by atoms with Crippen LogP contribution in [0.25, 0.3) is 0 Å². The number of carbonyl (C=O) groups is 1. The van der Waals surface area contributed by atoms with Gasteiger partial charge < -0.3 is 10.6 Å². The van der Waals surface area contributed by atoms with E-state index in [1.807, 2.05) is 30.0 Å². The highest BCUT2D eigenvalue weighted by molar-refractivity contribution is 5.99. The first-order valence-electron chi connectivity index (χ1n) is 8.15. The van der Waals surface area contributed by atoms with Crippen molar-refractivity contribution in [1.29, 1.82) is 0 Å². The second kappa shape index (κ2) is 8.62. The molecule has 0 heterocycles. The summed E-state index contributed by atoms with van der Waals surface area (Å²) in [6, 6.07) is 7.31. The molecule has 0 aliphatic rings. The van der Waals surface area contributed by atoms with Crippen molar-refractivity contribution in [2.45, 2.75) is 58.9 Å². The number of unbranched alkanes of at least 4 members (excludes halogenated alkanes) is 3. The molecule has 1 rings (SSSR count). The summed E-state index contributed by atoms with van der Waals surface area (Å²) in [7, 11) is 0. The third-order valence-electron chi connectivity index (χ3n) is 3.73. The monoisotopic (exact) mass is 302 g/mol. The van der Waals surface area contributed by atoms with Crippen molar-refractivity contribution in [2.24, 2.45) is 0 Å². The lowest BCUT2D eigenvalue weighted by Gasteiger charge is -2.36. The van der Waals surface area contributed by atoms with E-state index in [9.17, 15) is 4.79 Å². The largest absolute Gasteiger partial charge is 0.398 e. The molecular weight excluding hydrogens is 272 g/mol. The molecule has 22 heavy (non-hydrogen) atoms. The van der Waals surface area contributed by atoms with Gasteiger partial charge in [-0.15, -0.1) is 0 Å². The zero-order valence-corrected chi connectivity index (χ0v) is 14.4. The standard InChI is InChI=1S/C19H30N2O/c1-5-6-7-8-9-12-15-21(19(2,3)4)18(22)16-13-10-11-14-17(16)20/h5-6,10-11,13-14H,7-9,12,15,20H2,1-4H3/b6-5+. The lowest BCUT2D eigenvalue weighted by Crippen LogP contribution is -2.46. The van der Waals surface area contributed by atoms with Crippen LogP contribution in [0.5, 0.6) is 0 Å². The van der Waals surface area contributed by atoms with Crippen LogP contribution in [-0.2, 0) is 0 Å². The quantitative estimate of drug-likeness (QED) is 0.453. The first kappa shape index (κ1) is 18.3. The molecule has 0 bridgehead atoms. The van der Waals surface area contributed by atoms with Gasteiger partial charge in [-0.05, 0) is 59.1 Å². The SMILES string of the molecule is C/C=C/CCCCCN(C(=O)c1ccccc1N)C(C)(C)C. The Bertz CT molecular complexity index is 500. The molecule has 3 nitrogen and oxygen atoms in total. The molecule has 3 heteroatoms. The molecule has 2 N–H and O–H groups in total. The molecule has 0 saturated heterocycles. The fraction of sp³-hybridized carbons (Fsp3) is 0.526. The minimum Gasteiger partial charge on any atom is -0.398 e. The molecule has 0 radical (unpaired) electrons. The number of hydrogen-bond acceptors (Lipinski definition) is 2. The molecule has 0 aliphatic heterocycles. The first-order valence-corrected chi connectivity index (χ1v) is 8.15. The third-order valence-corrected chi connectivity index (χ3v) is 3.73. The number of nitrogens with two attached hydrogens (primary N) is 1. The Labute approximate surface area is 135 Å². The highest BCUT2D eigenvalue weighted by atomic mass is 16.2. The Kier molecular flexibility index (Phi) is 7.16. The van der Waals surface area contributed by atoms with Crippen LogP contribution in [0, 0.1) is 0 Å². The lowest BCUT2D eigenvalue weighted by molar-refractivity contribution is 0.0578. The zero-order valence-electron chi connectivity index (χ0n) is 14.4. The topological polar surface area (TPSA) is 46.3 Å². The van der Waals surface area contributed by atoms with E-state index in [2.05, 4.69) is 32.9 Å². The minimum absolute atomic E-state index is 0.0269. The number of para-hydroxylation sites is 1. The van der Waals surface area contributed by atoms with Gasteiger partial charge in [0.15, 0.2) is 0 Å². The first-order chi connectivity index (χ1) is 10.4. The van der Waals surface area contributed by atoms with Crippen molar-refractivity contribution >= 4 is 11.6 Å². The number of nitrogen functional groups attached to an aromatic ring is 1. The molecule has 0 saturated carbocycles. The average molecular weight is 302 g/mol. The fourth-order valence-corrected chi connectivity index (χ4v) is 2.45. The molecule has 1 amide bonds. The number of allylic oxidation sites excluding steroid dienone is 2. The van der Waals surface area contributed by atoms with Gasteiger partial charge in [-0.2, -0.15) is 0 Å². The fourth-order valence-electron chi connectivity index (χ4n) is 2.45. The number of hydrogen-bond donors (Lipinski definition) is 1. The minimum atomic E-state index is -0.206. The van der Waals surface area contributed by atoms with E-state index in [0.29, 0.717) is 11.3 Å². The number of benzene rings is 1. The highest BCUT2D eigenvalue weighted by Crippen LogP contribution is 2.21. The van der Waals surface area contributed by atoms with Crippen molar-refractivity contribution in [3.63, 3.8) is 0 Å². The van der Waals surface area contributed by atoms with Gasteiger partial charge in [0.05, 0.1) is 5.56 Å². The number of amides is 1. The van der Waals surface area contributed by atoms with Gasteiger partial charge in [-0.3, -0.25) is 4.79 Å². The summed E-state index contributed by atoms with van der Waals surface area (Å²) in [4.78, 5) is 14.8. The smallest absolute Gasteiger partial charge is 0.256 e. The second-order valence-electron chi connectivity index (χ2n) is 6.63. The van der Waals surface area contributed by atoms with Gasteiger partial charge >= 0.3 is 0 Å². The molecule has 1 aromatic rings. The van der Waals surface area contributed by atoms with Crippen LogP contribution in [0.2, 0.25) is 0 Å². The normalized spacial score (nSPS) is 11.8. The predicted octanol–water partition coefficient (Wildman–Crippen LogP) is 4.65. The van der Waals surface area contributed by atoms with Crippen molar-refractivity contribution in [2.75, 3.05) is 12.3 Å². The summed E-state index contributed by atoms with van der Waals surface area (Å²) in [6.45, 7) is 9.04. The van der Waals surface area contributed by atoms with Gasteiger partial charge in [0.1, 0.15) is 0 Å². The molecule has 0 unspecified atom stereocenters. The Hall–Kier alpha value is -1.77. The summed E-state index contributed by atoms with van der Waals surface area (Å²) in [6.07, 6.45) is 8.72. The summed E-state index contributed by atoms with van der Waals surface area (Å²) in [5.74, 6) is 0.0269. The maximum atomic E-state index is 12.8. The van der Waals surface area contributed by atoms with Crippen molar-refractivity contribution in [3.05, 3.63) is 42.0 Å². The van der Waals surface area contributed by atoms with Gasteiger partial charge in [0.25, 0.3) is 5.91 Å². The summed E-state index contributed by atoms with van der Waals surface area (Å²) >= 11 is 0. The van der Waals surface area contributed by atoms with Crippen LogP contribution >= 0.6 is 0 Å². The molecular formula is C19H30N2O. The van der Waals surface area contributed by atoms with E-state index in [-0.39, 0.29) is 11.4 Å². The molecule has 0 fully saturated rings. The zero-order chi connectivity index (χ0) is 16.6. The molecule has 0 aliphatic carbocycles. The average Bonchev–Trinajstić information content (AvgIpc) is 2.45. The van der Waals surface area contributed by atoms with Gasteiger partial charge in [-0.25, -0.2) is 0 Å². The van der Waals surface area contributed by atoms with Crippen LogP contribution in [0.3, 0.4) is 0 Å². The van der Waals surface area contributed by atoms with Crippen molar-refractivity contribution in [1.82, 2.24) is 4.90 Å². The molecule has 0 atom stereocenters. The van der Waals surface area contributed by atoms with Gasteiger partial charge in [-0.1, -0.05) is 30.7 Å². The Morgan fingerprint density at radius 1 is 1.18 bits per heavy atom. The number of carbonyl (C=O) groups excluding carboxylic acids is 1. The Morgan fingerprint density at radius 2 is 1.86 bits per heavy atom. The number of nitrogens with zero attached hydrogens (tertiary/aromatic N) is 1. The number of rotatable bonds is 7. The molecule has 0 spiro atoms. The maximum absolute atomic E-state index is 12.8. The van der Waals surface area contributed by atoms with Crippen LogP contribution in [0.4, 0.5) is 5.69 Å².